The summed E-state index contributed by atoms with van der Waals surface area (Å²) in [5.41, 5.74) is 2.57. The Morgan fingerprint density at radius 1 is 1.00 bits per heavy atom. The van der Waals surface area contributed by atoms with Crippen molar-refractivity contribution in [2.24, 2.45) is 0 Å². The maximum atomic E-state index is 12.8. The zero-order valence-corrected chi connectivity index (χ0v) is 18.3. The molecular weight excluding hydrogens is 408 g/mol. The summed E-state index contributed by atoms with van der Waals surface area (Å²) in [4.78, 5) is 25.5. The topological polar surface area (TPSA) is 89.8 Å². The normalized spacial score (nSPS) is 11.0. The lowest BCUT2D eigenvalue weighted by molar-refractivity contribution is -0.117. The molecule has 0 aliphatic heterocycles. The standard InChI is InChI=1S/C25H26N2O5/c1-17-6-9-19(10-7-17)24(28)27-21(16-20-5-4-14-32-20)25(29)26-13-12-18-8-11-22(30-2)23(15-18)31-3/h4-11,14-16H,12-13H2,1-3H3,(H,26,29)(H,27,28)/b21-16-. The number of nitrogens with one attached hydrogen (secondary N) is 2. The summed E-state index contributed by atoms with van der Waals surface area (Å²) in [5, 5.41) is 5.53. The first kappa shape index (κ1) is 22.7. The third-order valence-electron chi connectivity index (χ3n) is 4.78. The Hall–Kier alpha value is -4.00. The number of furan rings is 1. The molecule has 3 rings (SSSR count). The van der Waals surface area contributed by atoms with E-state index in [2.05, 4.69) is 10.6 Å². The molecule has 0 spiro atoms. The molecule has 0 aliphatic carbocycles. The first-order valence-electron chi connectivity index (χ1n) is 10.1. The zero-order chi connectivity index (χ0) is 22.9. The highest BCUT2D eigenvalue weighted by Gasteiger charge is 2.15. The fourth-order valence-electron chi connectivity index (χ4n) is 3.03. The van der Waals surface area contributed by atoms with Gasteiger partial charge in [0.15, 0.2) is 11.5 Å². The van der Waals surface area contributed by atoms with Gasteiger partial charge in [0.25, 0.3) is 11.8 Å². The molecule has 32 heavy (non-hydrogen) atoms. The number of hydrogen-bond acceptors (Lipinski definition) is 5. The van der Waals surface area contributed by atoms with Gasteiger partial charge in [0, 0.05) is 18.2 Å². The number of aryl methyl sites for hydroxylation is 1. The molecule has 7 nitrogen and oxygen atoms in total. The lowest BCUT2D eigenvalue weighted by Crippen LogP contribution is -2.35. The van der Waals surface area contributed by atoms with Crippen molar-refractivity contribution in [1.29, 1.82) is 0 Å². The largest absolute Gasteiger partial charge is 0.493 e. The molecule has 1 heterocycles. The van der Waals surface area contributed by atoms with Crippen LogP contribution < -0.4 is 20.1 Å². The van der Waals surface area contributed by atoms with Crippen LogP contribution in [0.5, 0.6) is 11.5 Å². The van der Waals surface area contributed by atoms with Crippen molar-refractivity contribution in [2.75, 3.05) is 20.8 Å². The van der Waals surface area contributed by atoms with Crippen LogP contribution in [-0.2, 0) is 11.2 Å². The molecule has 0 saturated carbocycles. The molecule has 2 aromatic carbocycles. The minimum atomic E-state index is -0.415. The maximum absolute atomic E-state index is 12.8. The predicted molar refractivity (Wildman–Crippen MR) is 122 cm³/mol. The molecule has 1 aromatic heterocycles. The van der Waals surface area contributed by atoms with Crippen molar-refractivity contribution < 1.29 is 23.5 Å². The molecule has 0 fully saturated rings. The molecule has 0 bridgehead atoms. The van der Waals surface area contributed by atoms with Crippen LogP contribution in [0.2, 0.25) is 0 Å². The van der Waals surface area contributed by atoms with E-state index in [1.54, 1.807) is 38.5 Å². The SMILES string of the molecule is COc1ccc(CCNC(=O)/C(=C/c2ccco2)NC(=O)c2ccc(C)cc2)cc1OC. The van der Waals surface area contributed by atoms with Crippen molar-refractivity contribution in [2.45, 2.75) is 13.3 Å². The lowest BCUT2D eigenvalue weighted by Gasteiger charge is -2.12. The predicted octanol–water partition coefficient (Wildman–Crippen LogP) is 3.74. The number of hydrogen-bond donors (Lipinski definition) is 2. The van der Waals surface area contributed by atoms with Gasteiger partial charge in [0.2, 0.25) is 0 Å². The first-order valence-corrected chi connectivity index (χ1v) is 10.1. The van der Waals surface area contributed by atoms with Crippen LogP contribution in [0.25, 0.3) is 6.08 Å². The molecule has 0 radical (unpaired) electrons. The highest BCUT2D eigenvalue weighted by Crippen LogP contribution is 2.27. The van der Waals surface area contributed by atoms with Gasteiger partial charge in [-0.25, -0.2) is 0 Å². The minimum Gasteiger partial charge on any atom is -0.493 e. The van der Waals surface area contributed by atoms with Crippen LogP contribution in [-0.4, -0.2) is 32.6 Å². The summed E-state index contributed by atoms with van der Waals surface area (Å²) in [7, 11) is 3.15. The van der Waals surface area contributed by atoms with E-state index in [0.29, 0.717) is 35.8 Å². The van der Waals surface area contributed by atoms with Gasteiger partial charge in [-0.15, -0.1) is 0 Å². The quantitative estimate of drug-likeness (QED) is 0.501. The fourth-order valence-corrected chi connectivity index (χ4v) is 3.03. The van der Waals surface area contributed by atoms with Gasteiger partial charge in [0.05, 0.1) is 20.5 Å². The Balaban J connectivity index is 1.67. The molecule has 166 valence electrons. The number of rotatable bonds is 9. The Labute approximate surface area is 187 Å². The average Bonchev–Trinajstić information content (AvgIpc) is 3.32. The van der Waals surface area contributed by atoms with Gasteiger partial charge >= 0.3 is 0 Å². The van der Waals surface area contributed by atoms with Gasteiger partial charge < -0.3 is 24.5 Å². The molecule has 2 N–H and O–H groups in total. The van der Waals surface area contributed by atoms with Crippen LogP contribution >= 0.6 is 0 Å². The molecule has 7 heteroatoms. The smallest absolute Gasteiger partial charge is 0.267 e. The fraction of sp³-hybridized carbons (Fsp3) is 0.200. The van der Waals surface area contributed by atoms with E-state index < -0.39 is 5.91 Å². The minimum absolute atomic E-state index is 0.0952. The second-order valence-corrected chi connectivity index (χ2v) is 7.09. The second-order valence-electron chi connectivity index (χ2n) is 7.09. The van der Waals surface area contributed by atoms with Crippen LogP contribution in [0.4, 0.5) is 0 Å². The highest BCUT2D eigenvalue weighted by atomic mass is 16.5. The molecule has 3 aromatic rings. The Morgan fingerprint density at radius 2 is 1.75 bits per heavy atom. The average molecular weight is 434 g/mol. The summed E-state index contributed by atoms with van der Waals surface area (Å²) >= 11 is 0. The van der Waals surface area contributed by atoms with Crippen molar-refractivity contribution in [1.82, 2.24) is 10.6 Å². The summed E-state index contributed by atoms with van der Waals surface area (Å²) in [6, 6.07) is 16.1. The van der Waals surface area contributed by atoms with Gasteiger partial charge in [-0.3, -0.25) is 9.59 Å². The van der Waals surface area contributed by atoms with E-state index in [9.17, 15) is 9.59 Å². The molecule has 0 saturated heterocycles. The van der Waals surface area contributed by atoms with Gasteiger partial charge in [-0.1, -0.05) is 23.8 Å². The maximum Gasteiger partial charge on any atom is 0.267 e. The van der Waals surface area contributed by atoms with Crippen molar-refractivity contribution in [3.63, 3.8) is 0 Å². The van der Waals surface area contributed by atoms with E-state index in [0.717, 1.165) is 11.1 Å². The molecule has 0 atom stereocenters. The number of carbonyl (C=O) groups excluding carboxylic acids is 2. The van der Waals surface area contributed by atoms with Crippen molar-refractivity contribution in [3.05, 3.63) is 89.0 Å². The van der Waals surface area contributed by atoms with Crippen molar-refractivity contribution in [3.8, 4) is 11.5 Å². The van der Waals surface area contributed by atoms with Gasteiger partial charge in [-0.05, 0) is 55.3 Å². The number of benzene rings is 2. The summed E-state index contributed by atoms with van der Waals surface area (Å²) in [5.74, 6) is 0.933. The van der Waals surface area contributed by atoms with E-state index in [1.807, 2.05) is 37.3 Å². The van der Waals surface area contributed by atoms with Crippen LogP contribution in [0, 0.1) is 6.92 Å². The van der Waals surface area contributed by atoms with E-state index in [1.165, 1.54) is 12.3 Å². The molecule has 0 unspecified atom stereocenters. The van der Waals surface area contributed by atoms with Crippen LogP contribution in [0.3, 0.4) is 0 Å². The Morgan fingerprint density at radius 3 is 2.41 bits per heavy atom. The lowest BCUT2D eigenvalue weighted by atomic mass is 10.1. The van der Waals surface area contributed by atoms with Crippen molar-refractivity contribution >= 4 is 17.9 Å². The van der Waals surface area contributed by atoms with E-state index in [4.69, 9.17) is 13.9 Å². The molecule has 0 aliphatic rings. The first-order chi connectivity index (χ1) is 15.5. The third kappa shape index (κ3) is 6.01. The Kier molecular flexibility index (Phi) is 7.70. The monoisotopic (exact) mass is 434 g/mol. The highest BCUT2D eigenvalue weighted by molar-refractivity contribution is 6.05. The van der Waals surface area contributed by atoms with Crippen LogP contribution in [0.15, 0.2) is 71.0 Å². The molecular formula is C25H26N2O5. The number of carbonyl (C=O) groups is 2. The van der Waals surface area contributed by atoms with Gasteiger partial charge in [0.1, 0.15) is 11.5 Å². The third-order valence-corrected chi connectivity index (χ3v) is 4.78. The Bertz CT molecular complexity index is 1090. The van der Waals surface area contributed by atoms with Gasteiger partial charge in [-0.2, -0.15) is 0 Å². The summed E-state index contributed by atoms with van der Waals surface area (Å²) < 4.78 is 15.9. The number of amides is 2. The summed E-state index contributed by atoms with van der Waals surface area (Å²) in [6.45, 7) is 2.31. The summed E-state index contributed by atoms with van der Waals surface area (Å²) in [6.07, 6.45) is 3.57. The van der Waals surface area contributed by atoms with E-state index in [-0.39, 0.29) is 11.6 Å². The second kappa shape index (κ2) is 10.9. The zero-order valence-electron chi connectivity index (χ0n) is 18.3. The van der Waals surface area contributed by atoms with Crippen LogP contribution in [0.1, 0.15) is 27.2 Å². The molecule has 2 amide bonds. The number of ether oxygens (including phenoxy) is 2. The number of methoxy groups -OCH3 is 2. The van der Waals surface area contributed by atoms with E-state index >= 15 is 0 Å².